The van der Waals surface area contributed by atoms with Crippen LogP contribution < -0.4 is 10.2 Å². The number of carbonyl (C=O) groups is 1. The summed E-state index contributed by atoms with van der Waals surface area (Å²) in [5.41, 5.74) is 0.958. The molecule has 162 valence electrons. The molecule has 0 spiro atoms. The third-order valence-electron chi connectivity index (χ3n) is 5.52. The molecule has 0 bridgehead atoms. The number of carbonyl (C=O) groups excluding carboxylic acids is 1. The summed E-state index contributed by atoms with van der Waals surface area (Å²) in [4.78, 5) is 25.9. The Labute approximate surface area is 173 Å². The van der Waals surface area contributed by atoms with Gasteiger partial charge < -0.3 is 15.1 Å². The van der Waals surface area contributed by atoms with Crippen LogP contribution in [0.25, 0.3) is 0 Å². The van der Waals surface area contributed by atoms with Crippen molar-refractivity contribution in [2.75, 3.05) is 50.4 Å². The molecule has 2 aliphatic heterocycles. The molecule has 0 radical (unpaired) electrons. The molecule has 0 aromatic carbocycles. The summed E-state index contributed by atoms with van der Waals surface area (Å²) in [6.07, 6.45) is 2.53. The number of hydrogen-bond acceptors (Lipinski definition) is 6. The number of rotatable bonds is 4. The Morgan fingerprint density at radius 2 is 1.72 bits per heavy atom. The van der Waals surface area contributed by atoms with Crippen molar-refractivity contribution in [3.8, 4) is 0 Å². The van der Waals surface area contributed by atoms with Crippen LogP contribution in [0.5, 0.6) is 0 Å². The number of aryl methyl sites for hydroxylation is 1. The zero-order valence-corrected chi connectivity index (χ0v) is 18.6. The Hall–Kier alpha value is -1.94. The maximum Gasteiger partial charge on any atom is 0.317 e. The van der Waals surface area contributed by atoms with Gasteiger partial charge in [-0.2, -0.15) is 0 Å². The van der Waals surface area contributed by atoms with E-state index in [-0.39, 0.29) is 18.0 Å². The molecular weight excluding hydrogens is 392 g/mol. The molecule has 1 N–H and O–H groups in total. The van der Waals surface area contributed by atoms with Gasteiger partial charge in [0.15, 0.2) is 0 Å². The summed E-state index contributed by atoms with van der Waals surface area (Å²) < 4.78 is 24.7. The largest absolute Gasteiger partial charge is 0.353 e. The summed E-state index contributed by atoms with van der Waals surface area (Å²) in [5.74, 6) is 2.05. The maximum absolute atomic E-state index is 12.6. The highest BCUT2D eigenvalue weighted by atomic mass is 32.2. The van der Waals surface area contributed by atoms with E-state index in [1.54, 1.807) is 0 Å². The molecule has 2 amide bonds. The molecule has 3 rings (SSSR count). The minimum absolute atomic E-state index is 0.0247. The van der Waals surface area contributed by atoms with Gasteiger partial charge in [0.2, 0.25) is 10.0 Å². The molecule has 29 heavy (non-hydrogen) atoms. The molecule has 1 aromatic rings. The molecule has 10 heteroatoms. The van der Waals surface area contributed by atoms with Gasteiger partial charge in [-0.25, -0.2) is 27.5 Å². The smallest absolute Gasteiger partial charge is 0.317 e. The fourth-order valence-corrected chi connectivity index (χ4v) is 4.61. The fourth-order valence-electron chi connectivity index (χ4n) is 3.73. The monoisotopic (exact) mass is 424 g/mol. The van der Waals surface area contributed by atoms with Gasteiger partial charge >= 0.3 is 6.03 Å². The van der Waals surface area contributed by atoms with Gasteiger partial charge in [-0.3, -0.25) is 0 Å². The van der Waals surface area contributed by atoms with E-state index >= 15 is 0 Å². The predicted molar refractivity (Wildman–Crippen MR) is 113 cm³/mol. The van der Waals surface area contributed by atoms with Gasteiger partial charge in [0.05, 0.1) is 6.26 Å². The number of sulfonamides is 1. The zero-order valence-electron chi connectivity index (χ0n) is 17.8. The Kier molecular flexibility index (Phi) is 6.62. The second-order valence-corrected chi connectivity index (χ2v) is 10.2. The number of amides is 2. The molecule has 2 aliphatic rings. The van der Waals surface area contributed by atoms with E-state index in [2.05, 4.69) is 34.0 Å². The lowest BCUT2D eigenvalue weighted by atomic mass is 10.1. The van der Waals surface area contributed by atoms with E-state index in [4.69, 9.17) is 0 Å². The average Bonchev–Trinajstić information content (AvgIpc) is 2.67. The number of piperazine rings is 1. The highest BCUT2D eigenvalue weighted by Crippen LogP contribution is 2.19. The number of aromatic nitrogens is 2. The normalized spacial score (nSPS) is 19.6. The Morgan fingerprint density at radius 1 is 1.10 bits per heavy atom. The van der Waals surface area contributed by atoms with Crippen LogP contribution >= 0.6 is 0 Å². The van der Waals surface area contributed by atoms with Crippen LogP contribution in [0.2, 0.25) is 0 Å². The van der Waals surface area contributed by atoms with Gasteiger partial charge in [0, 0.05) is 63.0 Å². The van der Waals surface area contributed by atoms with Crippen molar-refractivity contribution in [3.63, 3.8) is 0 Å². The molecule has 1 aromatic heterocycles. The number of piperidine rings is 1. The number of nitrogens with one attached hydrogen (secondary N) is 1. The summed E-state index contributed by atoms with van der Waals surface area (Å²) in [6, 6.07) is 1.96. The Bertz CT molecular complexity index is 828. The van der Waals surface area contributed by atoms with Crippen LogP contribution in [0.15, 0.2) is 6.07 Å². The van der Waals surface area contributed by atoms with E-state index in [9.17, 15) is 13.2 Å². The molecule has 3 heterocycles. The first-order chi connectivity index (χ1) is 13.6. The maximum atomic E-state index is 12.6. The van der Waals surface area contributed by atoms with Crippen LogP contribution in [-0.2, 0) is 10.0 Å². The highest BCUT2D eigenvalue weighted by Gasteiger charge is 2.28. The van der Waals surface area contributed by atoms with Crippen LogP contribution in [0.3, 0.4) is 0 Å². The third kappa shape index (κ3) is 5.57. The van der Waals surface area contributed by atoms with Crippen molar-refractivity contribution < 1.29 is 13.2 Å². The third-order valence-corrected chi connectivity index (χ3v) is 6.82. The van der Waals surface area contributed by atoms with Crippen LogP contribution in [0, 0.1) is 6.92 Å². The van der Waals surface area contributed by atoms with Gasteiger partial charge in [-0.1, -0.05) is 13.8 Å². The van der Waals surface area contributed by atoms with Crippen LogP contribution in [-0.4, -0.2) is 85.2 Å². The number of hydrogen-bond donors (Lipinski definition) is 1. The van der Waals surface area contributed by atoms with Gasteiger partial charge in [0.25, 0.3) is 0 Å². The lowest BCUT2D eigenvalue weighted by molar-refractivity contribution is 0.184. The van der Waals surface area contributed by atoms with Crippen LogP contribution in [0.4, 0.5) is 10.6 Å². The first-order valence-corrected chi connectivity index (χ1v) is 12.1. The standard InChI is InChI=1S/C19H32N6O3S/c1-14(2)18-20-15(3)13-17(22-18)23-9-11-24(12-10-23)19(26)21-16-5-7-25(8-6-16)29(4,27)28/h13-14,16H,5-12H2,1-4H3,(H,21,26). The molecule has 0 unspecified atom stereocenters. The van der Waals surface area contributed by atoms with Crippen molar-refractivity contribution in [3.05, 3.63) is 17.6 Å². The lowest BCUT2D eigenvalue weighted by Crippen LogP contribution is -2.55. The van der Waals surface area contributed by atoms with Crippen molar-refractivity contribution >= 4 is 21.9 Å². The van der Waals surface area contributed by atoms with Crippen LogP contribution in [0.1, 0.15) is 44.1 Å². The van der Waals surface area contributed by atoms with E-state index in [0.29, 0.717) is 39.0 Å². The average molecular weight is 425 g/mol. The highest BCUT2D eigenvalue weighted by molar-refractivity contribution is 7.88. The van der Waals surface area contributed by atoms with Crippen molar-refractivity contribution in [1.29, 1.82) is 0 Å². The lowest BCUT2D eigenvalue weighted by Gasteiger charge is -2.37. The SMILES string of the molecule is Cc1cc(N2CCN(C(=O)NC3CCN(S(C)(=O)=O)CC3)CC2)nc(C(C)C)n1. The molecule has 0 aliphatic carbocycles. The van der Waals surface area contributed by atoms with Gasteiger partial charge in [-0.05, 0) is 19.8 Å². The van der Waals surface area contributed by atoms with Gasteiger partial charge in [0.1, 0.15) is 11.6 Å². The summed E-state index contributed by atoms with van der Waals surface area (Å²) in [6.45, 7) is 9.80. The second kappa shape index (κ2) is 8.83. The van der Waals surface area contributed by atoms with E-state index in [0.717, 1.165) is 30.4 Å². The fraction of sp³-hybridized carbons (Fsp3) is 0.737. The van der Waals surface area contributed by atoms with E-state index in [1.807, 2.05) is 17.9 Å². The summed E-state index contributed by atoms with van der Waals surface area (Å²) >= 11 is 0. The zero-order chi connectivity index (χ0) is 21.2. The minimum Gasteiger partial charge on any atom is -0.353 e. The van der Waals surface area contributed by atoms with E-state index in [1.165, 1.54) is 10.6 Å². The topological polar surface area (TPSA) is 98.7 Å². The molecule has 2 fully saturated rings. The van der Waals surface area contributed by atoms with Crippen molar-refractivity contribution in [1.82, 2.24) is 24.5 Å². The summed E-state index contributed by atoms with van der Waals surface area (Å²) in [5, 5.41) is 3.07. The predicted octanol–water partition coefficient (Wildman–Crippen LogP) is 1.16. The first-order valence-electron chi connectivity index (χ1n) is 10.2. The molecule has 0 saturated carbocycles. The minimum atomic E-state index is -3.15. The van der Waals surface area contributed by atoms with E-state index < -0.39 is 10.0 Å². The molecule has 0 atom stereocenters. The van der Waals surface area contributed by atoms with Gasteiger partial charge in [-0.15, -0.1) is 0 Å². The second-order valence-electron chi connectivity index (χ2n) is 8.24. The molecule has 2 saturated heterocycles. The Balaban J connectivity index is 1.50. The first kappa shape index (κ1) is 21.8. The van der Waals surface area contributed by atoms with Crippen molar-refractivity contribution in [2.45, 2.75) is 45.6 Å². The Morgan fingerprint density at radius 3 is 2.28 bits per heavy atom. The number of anilines is 1. The molecular formula is C19H32N6O3S. The number of urea groups is 1. The summed E-state index contributed by atoms with van der Waals surface area (Å²) in [7, 11) is -3.15. The quantitative estimate of drug-likeness (QED) is 0.779. The van der Waals surface area contributed by atoms with Crippen molar-refractivity contribution in [2.24, 2.45) is 0 Å². The number of nitrogens with zero attached hydrogens (tertiary/aromatic N) is 5. The molecule has 9 nitrogen and oxygen atoms in total.